The Balaban J connectivity index is 1.41. The van der Waals surface area contributed by atoms with E-state index in [4.69, 9.17) is 0 Å². The molecule has 128 valence electrons. The topological polar surface area (TPSA) is 86.9 Å². The Bertz CT molecular complexity index is 889. The van der Waals surface area contributed by atoms with Crippen LogP contribution in [0.1, 0.15) is 23.2 Å². The molecule has 0 radical (unpaired) electrons. The number of hydrogen-bond acceptors (Lipinski definition) is 3. The SMILES string of the molecule is O=C(CCCNC(=O)c1ccc(F)cc1)Nc1ccc2cn[nH]c2c1. The second-order valence-corrected chi connectivity index (χ2v) is 5.59. The maximum Gasteiger partial charge on any atom is 0.251 e. The molecule has 7 heteroatoms. The summed E-state index contributed by atoms with van der Waals surface area (Å²) in [5.41, 5.74) is 1.93. The number of aromatic amines is 1. The van der Waals surface area contributed by atoms with Crippen LogP contribution in [0.3, 0.4) is 0 Å². The number of amides is 2. The number of aromatic nitrogens is 2. The molecule has 0 unspecified atom stereocenters. The Labute approximate surface area is 143 Å². The summed E-state index contributed by atoms with van der Waals surface area (Å²) in [5, 5.41) is 13.3. The van der Waals surface area contributed by atoms with Gasteiger partial charge in [0.2, 0.25) is 5.91 Å². The number of carbonyl (C=O) groups excluding carboxylic acids is 2. The highest BCUT2D eigenvalue weighted by molar-refractivity contribution is 5.94. The van der Waals surface area contributed by atoms with Crippen LogP contribution in [0.2, 0.25) is 0 Å². The zero-order chi connectivity index (χ0) is 17.6. The first-order chi connectivity index (χ1) is 12.1. The second kappa shape index (κ2) is 7.57. The summed E-state index contributed by atoms with van der Waals surface area (Å²) in [6, 6.07) is 10.8. The van der Waals surface area contributed by atoms with Crippen LogP contribution in [0, 0.1) is 5.82 Å². The van der Waals surface area contributed by atoms with Gasteiger partial charge >= 0.3 is 0 Å². The fourth-order valence-electron chi connectivity index (χ4n) is 2.39. The van der Waals surface area contributed by atoms with Crippen molar-refractivity contribution in [2.24, 2.45) is 0 Å². The second-order valence-electron chi connectivity index (χ2n) is 5.59. The van der Waals surface area contributed by atoms with Gasteiger partial charge in [0.1, 0.15) is 5.82 Å². The minimum absolute atomic E-state index is 0.130. The number of rotatable bonds is 6. The Morgan fingerprint density at radius 2 is 1.92 bits per heavy atom. The van der Waals surface area contributed by atoms with Crippen molar-refractivity contribution in [2.45, 2.75) is 12.8 Å². The van der Waals surface area contributed by atoms with E-state index in [0.29, 0.717) is 24.2 Å². The number of hydrogen-bond donors (Lipinski definition) is 3. The lowest BCUT2D eigenvalue weighted by atomic mass is 10.2. The lowest BCUT2D eigenvalue weighted by Gasteiger charge is -2.07. The van der Waals surface area contributed by atoms with Crippen molar-refractivity contribution < 1.29 is 14.0 Å². The smallest absolute Gasteiger partial charge is 0.251 e. The molecule has 0 aliphatic carbocycles. The number of anilines is 1. The van der Waals surface area contributed by atoms with Crippen LogP contribution in [-0.4, -0.2) is 28.6 Å². The summed E-state index contributed by atoms with van der Waals surface area (Å²) < 4.78 is 12.8. The quantitative estimate of drug-likeness (QED) is 0.603. The van der Waals surface area contributed by atoms with E-state index in [2.05, 4.69) is 20.8 Å². The van der Waals surface area contributed by atoms with Crippen LogP contribution in [0.4, 0.5) is 10.1 Å². The number of H-pyrrole nitrogens is 1. The fraction of sp³-hybridized carbons (Fsp3) is 0.167. The van der Waals surface area contributed by atoms with E-state index in [1.807, 2.05) is 18.2 Å². The highest BCUT2D eigenvalue weighted by Crippen LogP contribution is 2.16. The molecule has 3 rings (SSSR count). The molecule has 1 heterocycles. The Hall–Kier alpha value is -3.22. The third kappa shape index (κ3) is 4.41. The molecule has 0 fully saturated rings. The van der Waals surface area contributed by atoms with Crippen LogP contribution >= 0.6 is 0 Å². The number of halogens is 1. The summed E-state index contributed by atoms with van der Waals surface area (Å²) >= 11 is 0. The van der Waals surface area contributed by atoms with E-state index in [1.54, 1.807) is 6.20 Å². The molecule has 0 spiro atoms. The van der Waals surface area contributed by atoms with Crippen LogP contribution in [0.15, 0.2) is 48.7 Å². The monoisotopic (exact) mass is 340 g/mol. The van der Waals surface area contributed by atoms with Crippen molar-refractivity contribution >= 4 is 28.4 Å². The molecule has 3 aromatic rings. The number of nitrogens with one attached hydrogen (secondary N) is 3. The molecule has 0 bridgehead atoms. The number of fused-ring (bicyclic) bond motifs is 1. The lowest BCUT2D eigenvalue weighted by molar-refractivity contribution is -0.116. The van der Waals surface area contributed by atoms with E-state index >= 15 is 0 Å². The van der Waals surface area contributed by atoms with Gasteiger partial charge in [0.25, 0.3) is 5.91 Å². The van der Waals surface area contributed by atoms with Crippen molar-refractivity contribution in [3.8, 4) is 0 Å². The third-order valence-corrected chi connectivity index (χ3v) is 3.70. The standard InChI is InChI=1S/C18H17FN4O2/c19-14-6-3-12(4-7-14)18(25)20-9-1-2-17(24)22-15-8-5-13-11-21-23-16(13)10-15/h3-8,10-11H,1-2,9H2,(H,20,25)(H,21,23)(H,22,24). The van der Waals surface area contributed by atoms with E-state index in [0.717, 1.165) is 10.9 Å². The maximum absolute atomic E-state index is 12.8. The van der Waals surface area contributed by atoms with Crippen molar-refractivity contribution in [3.63, 3.8) is 0 Å². The van der Waals surface area contributed by atoms with Gasteiger partial charge < -0.3 is 10.6 Å². The van der Waals surface area contributed by atoms with Gasteiger partial charge in [-0.3, -0.25) is 14.7 Å². The van der Waals surface area contributed by atoms with Gasteiger partial charge in [-0.05, 0) is 48.9 Å². The molecule has 2 amide bonds. The Morgan fingerprint density at radius 3 is 2.72 bits per heavy atom. The van der Waals surface area contributed by atoms with Crippen molar-refractivity contribution in [3.05, 3.63) is 60.0 Å². The molecular weight excluding hydrogens is 323 g/mol. The van der Waals surface area contributed by atoms with Gasteiger partial charge in [0.15, 0.2) is 0 Å². The highest BCUT2D eigenvalue weighted by atomic mass is 19.1. The first-order valence-corrected chi connectivity index (χ1v) is 7.88. The predicted molar refractivity (Wildman–Crippen MR) is 92.7 cm³/mol. The summed E-state index contributed by atoms with van der Waals surface area (Å²) in [7, 11) is 0. The van der Waals surface area contributed by atoms with Gasteiger partial charge in [-0.1, -0.05) is 0 Å². The molecule has 6 nitrogen and oxygen atoms in total. The highest BCUT2D eigenvalue weighted by Gasteiger charge is 2.07. The molecule has 0 aliphatic rings. The van der Waals surface area contributed by atoms with Gasteiger partial charge in [0, 0.05) is 29.6 Å². The molecule has 0 aliphatic heterocycles. The molecule has 0 atom stereocenters. The van der Waals surface area contributed by atoms with Crippen molar-refractivity contribution in [2.75, 3.05) is 11.9 Å². The summed E-state index contributed by atoms with van der Waals surface area (Å²) in [4.78, 5) is 23.8. The zero-order valence-corrected chi connectivity index (χ0v) is 13.4. The minimum Gasteiger partial charge on any atom is -0.352 e. The average molecular weight is 340 g/mol. The Morgan fingerprint density at radius 1 is 1.12 bits per heavy atom. The Kier molecular flexibility index (Phi) is 5.03. The maximum atomic E-state index is 12.8. The normalized spacial score (nSPS) is 10.6. The summed E-state index contributed by atoms with van der Waals surface area (Å²) in [6.45, 7) is 0.364. The van der Waals surface area contributed by atoms with Crippen LogP contribution < -0.4 is 10.6 Å². The van der Waals surface area contributed by atoms with Crippen molar-refractivity contribution in [1.29, 1.82) is 0 Å². The van der Waals surface area contributed by atoms with Gasteiger partial charge in [0.05, 0.1) is 11.7 Å². The minimum atomic E-state index is -0.387. The first-order valence-electron chi connectivity index (χ1n) is 7.88. The summed E-state index contributed by atoms with van der Waals surface area (Å²) in [5.74, 6) is -0.804. The van der Waals surface area contributed by atoms with E-state index < -0.39 is 0 Å². The average Bonchev–Trinajstić information content (AvgIpc) is 3.07. The van der Waals surface area contributed by atoms with Gasteiger partial charge in [-0.15, -0.1) is 0 Å². The third-order valence-electron chi connectivity index (χ3n) is 3.70. The van der Waals surface area contributed by atoms with E-state index in [-0.39, 0.29) is 24.1 Å². The number of nitrogens with zero attached hydrogens (tertiary/aromatic N) is 1. The predicted octanol–water partition coefficient (Wildman–Crippen LogP) is 2.85. The molecule has 25 heavy (non-hydrogen) atoms. The largest absolute Gasteiger partial charge is 0.352 e. The molecule has 0 saturated carbocycles. The molecule has 1 aromatic heterocycles. The zero-order valence-electron chi connectivity index (χ0n) is 13.4. The van der Waals surface area contributed by atoms with Gasteiger partial charge in [-0.25, -0.2) is 4.39 Å². The number of benzene rings is 2. The van der Waals surface area contributed by atoms with E-state index in [1.165, 1.54) is 24.3 Å². The van der Waals surface area contributed by atoms with Crippen LogP contribution in [-0.2, 0) is 4.79 Å². The molecule has 0 saturated heterocycles. The van der Waals surface area contributed by atoms with Crippen LogP contribution in [0.5, 0.6) is 0 Å². The molecule has 2 aromatic carbocycles. The fourth-order valence-corrected chi connectivity index (χ4v) is 2.39. The lowest BCUT2D eigenvalue weighted by Crippen LogP contribution is -2.25. The van der Waals surface area contributed by atoms with Gasteiger partial charge in [-0.2, -0.15) is 5.10 Å². The van der Waals surface area contributed by atoms with E-state index in [9.17, 15) is 14.0 Å². The first kappa shape index (κ1) is 16.6. The summed E-state index contributed by atoms with van der Waals surface area (Å²) in [6.07, 6.45) is 2.50. The molecule has 3 N–H and O–H groups in total. The van der Waals surface area contributed by atoms with Crippen molar-refractivity contribution in [1.82, 2.24) is 15.5 Å². The molecular formula is C18H17FN4O2. The van der Waals surface area contributed by atoms with Crippen LogP contribution in [0.25, 0.3) is 10.9 Å². The number of carbonyl (C=O) groups is 2.